The molecule has 231 valence electrons. The van der Waals surface area contributed by atoms with Crippen LogP contribution in [0.2, 0.25) is 0 Å². The zero-order valence-corrected chi connectivity index (χ0v) is 29.2. The molecule has 0 N–H and O–H groups in total. The summed E-state index contributed by atoms with van der Waals surface area (Å²) in [4.78, 5) is 8.74. The van der Waals surface area contributed by atoms with Gasteiger partial charge in [0.15, 0.2) is 0 Å². The Morgan fingerprint density at radius 1 is 0.609 bits per heavy atom. The number of pyridine rings is 2. The summed E-state index contributed by atoms with van der Waals surface area (Å²) >= 11 is 0. The van der Waals surface area contributed by atoms with Crippen LogP contribution in [-0.2, 0) is 25.5 Å². The third kappa shape index (κ3) is 7.42. The first kappa shape index (κ1) is 32.8. The molecule has 0 aliphatic carbocycles. The minimum atomic E-state index is 0. The Labute approximate surface area is 285 Å². The Morgan fingerprint density at radius 3 is 2.02 bits per heavy atom. The van der Waals surface area contributed by atoms with E-state index in [2.05, 4.69) is 117 Å². The molecule has 0 saturated heterocycles. The molecular formula is C42H36IrN2O-2. The van der Waals surface area contributed by atoms with Gasteiger partial charge in [0.2, 0.25) is 0 Å². The molecule has 0 aliphatic heterocycles. The maximum atomic E-state index is 6.29. The maximum Gasteiger partial charge on any atom is 0.138 e. The molecule has 0 amide bonds. The number of nitrogens with zero attached hydrogens (tertiary/aromatic N) is 2. The van der Waals surface area contributed by atoms with Crippen molar-refractivity contribution >= 4 is 11.0 Å². The molecule has 0 unspecified atom stereocenters. The van der Waals surface area contributed by atoms with E-state index in [0.29, 0.717) is 0 Å². The SMILES string of the molecule is Cc1ccnc(-c2[c-]ccc(-c3ccc4oc(-c5ccc(C(C)(C)C)cc5)c(C)c4c3)c2)c1.[Ir].[c-]1ccccc1-c1ccccn1. The Balaban J connectivity index is 0.000000269. The number of furan rings is 1. The first-order chi connectivity index (χ1) is 21.8. The fraction of sp³-hybridized carbons (Fsp3) is 0.143. The summed E-state index contributed by atoms with van der Waals surface area (Å²) in [5.74, 6) is 0.939. The first-order valence-corrected chi connectivity index (χ1v) is 15.2. The smallest absolute Gasteiger partial charge is 0.138 e. The molecule has 4 heteroatoms. The van der Waals surface area contributed by atoms with Gasteiger partial charge in [0, 0.05) is 49.0 Å². The van der Waals surface area contributed by atoms with Crippen LogP contribution in [0.4, 0.5) is 0 Å². The van der Waals surface area contributed by atoms with Crippen molar-refractivity contribution in [2.45, 2.75) is 40.0 Å². The van der Waals surface area contributed by atoms with Gasteiger partial charge in [-0.05, 0) is 66.0 Å². The molecule has 3 aromatic heterocycles. The minimum absolute atomic E-state index is 0. The standard InChI is InChI=1S/C31H28NO.C11H8N.Ir/c1-20-15-16-32-28(17-20)25-8-6-7-23(18-25)24-11-14-29-27(19-24)21(2)30(33-29)22-9-12-26(13-10-22)31(3,4)5;1-2-6-10(7-3-1)11-8-4-5-9-12-11;/h6-7,9-19H,1-5H3;1-6,8-9H;/q2*-1;. The summed E-state index contributed by atoms with van der Waals surface area (Å²) in [6.07, 6.45) is 3.64. The van der Waals surface area contributed by atoms with Crippen LogP contribution < -0.4 is 0 Å². The summed E-state index contributed by atoms with van der Waals surface area (Å²) in [6, 6.07) is 45.7. The predicted octanol–water partition coefficient (Wildman–Crippen LogP) is 11.1. The second-order valence-corrected chi connectivity index (χ2v) is 12.3. The number of rotatable bonds is 4. The van der Waals surface area contributed by atoms with Crippen molar-refractivity contribution in [3.63, 3.8) is 0 Å². The Kier molecular flexibility index (Phi) is 10.1. The van der Waals surface area contributed by atoms with Gasteiger partial charge in [-0.2, -0.15) is 0 Å². The number of fused-ring (bicyclic) bond motifs is 1. The summed E-state index contributed by atoms with van der Waals surface area (Å²) in [7, 11) is 0. The average Bonchev–Trinajstić information content (AvgIpc) is 3.41. The molecule has 0 aliphatic rings. The molecule has 0 spiro atoms. The van der Waals surface area contributed by atoms with E-state index in [1.807, 2.05) is 60.8 Å². The second kappa shape index (κ2) is 14.2. The van der Waals surface area contributed by atoms with Crippen molar-refractivity contribution < 1.29 is 24.5 Å². The summed E-state index contributed by atoms with van der Waals surface area (Å²) in [6.45, 7) is 10.9. The van der Waals surface area contributed by atoms with Gasteiger partial charge in [0.25, 0.3) is 0 Å². The van der Waals surface area contributed by atoms with Crippen molar-refractivity contribution in [1.29, 1.82) is 0 Å². The monoisotopic (exact) mass is 777 g/mol. The molecule has 0 fully saturated rings. The van der Waals surface area contributed by atoms with Crippen molar-refractivity contribution in [2.24, 2.45) is 0 Å². The molecular weight excluding hydrogens is 741 g/mol. The number of benzene rings is 4. The Morgan fingerprint density at radius 2 is 1.33 bits per heavy atom. The van der Waals surface area contributed by atoms with Crippen LogP contribution >= 0.6 is 0 Å². The van der Waals surface area contributed by atoms with Crippen LogP contribution in [0.5, 0.6) is 0 Å². The Bertz CT molecular complexity index is 2000. The first-order valence-electron chi connectivity index (χ1n) is 15.2. The van der Waals surface area contributed by atoms with Gasteiger partial charge in [-0.3, -0.25) is 0 Å². The van der Waals surface area contributed by atoms with Gasteiger partial charge in [0.1, 0.15) is 11.3 Å². The Hall–Kier alpha value is -4.63. The van der Waals surface area contributed by atoms with E-state index >= 15 is 0 Å². The van der Waals surface area contributed by atoms with E-state index in [4.69, 9.17) is 4.42 Å². The van der Waals surface area contributed by atoms with Crippen molar-refractivity contribution in [3.05, 3.63) is 156 Å². The predicted molar refractivity (Wildman–Crippen MR) is 186 cm³/mol. The van der Waals surface area contributed by atoms with Crippen LogP contribution in [0.1, 0.15) is 37.5 Å². The van der Waals surface area contributed by atoms with E-state index < -0.39 is 0 Å². The molecule has 1 radical (unpaired) electrons. The van der Waals surface area contributed by atoms with Gasteiger partial charge in [-0.25, -0.2) is 0 Å². The van der Waals surface area contributed by atoms with Crippen molar-refractivity contribution in [2.75, 3.05) is 0 Å². The van der Waals surface area contributed by atoms with Gasteiger partial charge in [0.05, 0.1) is 0 Å². The van der Waals surface area contributed by atoms with Gasteiger partial charge < -0.3 is 14.4 Å². The third-order valence-corrected chi connectivity index (χ3v) is 7.93. The number of hydrogen-bond donors (Lipinski definition) is 0. The average molecular weight is 777 g/mol. The quantitative estimate of drug-likeness (QED) is 0.167. The van der Waals surface area contributed by atoms with E-state index in [-0.39, 0.29) is 25.5 Å². The molecule has 46 heavy (non-hydrogen) atoms. The normalized spacial score (nSPS) is 11.0. The molecule has 0 bridgehead atoms. The summed E-state index contributed by atoms with van der Waals surface area (Å²) < 4.78 is 6.29. The van der Waals surface area contributed by atoms with Crippen LogP contribution in [0.3, 0.4) is 0 Å². The van der Waals surface area contributed by atoms with Gasteiger partial charge in [-0.15, -0.1) is 71.3 Å². The van der Waals surface area contributed by atoms with Crippen LogP contribution in [-0.4, -0.2) is 9.97 Å². The maximum absolute atomic E-state index is 6.29. The van der Waals surface area contributed by atoms with Crippen LogP contribution in [0.15, 0.2) is 132 Å². The molecule has 3 nitrogen and oxygen atoms in total. The van der Waals surface area contributed by atoms with E-state index in [1.54, 1.807) is 6.20 Å². The van der Waals surface area contributed by atoms with E-state index in [9.17, 15) is 0 Å². The summed E-state index contributed by atoms with van der Waals surface area (Å²) in [5, 5.41) is 1.14. The number of aromatic nitrogens is 2. The van der Waals surface area contributed by atoms with Gasteiger partial charge >= 0.3 is 0 Å². The zero-order chi connectivity index (χ0) is 31.4. The fourth-order valence-corrected chi connectivity index (χ4v) is 5.35. The number of hydrogen-bond acceptors (Lipinski definition) is 3. The largest absolute Gasteiger partial charge is 0.456 e. The molecule has 0 atom stereocenters. The van der Waals surface area contributed by atoms with E-state index in [1.165, 1.54) is 16.7 Å². The van der Waals surface area contributed by atoms with Crippen LogP contribution in [0, 0.1) is 26.0 Å². The molecule has 0 saturated carbocycles. The fourth-order valence-electron chi connectivity index (χ4n) is 5.35. The molecule has 4 aromatic carbocycles. The van der Waals surface area contributed by atoms with Crippen LogP contribution in [0.25, 0.3) is 55.9 Å². The zero-order valence-electron chi connectivity index (χ0n) is 26.8. The van der Waals surface area contributed by atoms with Crippen molar-refractivity contribution in [3.8, 4) is 45.0 Å². The second-order valence-electron chi connectivity index (χ2n) is 12.3. The minimum Gasteiger partial charge on any atom is -0.456 e. The topological polar surface area (TPSA) is 38.9 Å². The molecule has 3 heterocycles. The van der Waals surface area contributed by atoms with Crippen molar-refractivity contribution in [1.82, 2.24) is 9.97 Å². The molecule has 7 rings (SSSR count). The number of aryl methyl sites for hydroxylation is 2. The third-order valence-electron chi connectivity index (χ3n) is 7.93. The van der Waals surface area contributed by atoms with Gasteiger partial charge in [-0.1, -0.05) is 74.9 Å². The molecule has 7 aromatic rings. The van der Waals surface area contributed by atoms with E-state index in [0.717, 1.165) is 55.9 Å². The summed E-state index contributed by atoms with van der Waals surface area (Å²) in [5.41, 5.74) is 12.1.